The number of methoxy groups -OCH3 is 3. The van der Waals surface area contributed by atoms with E-state index in [1.807, 2.05) is 55.7 Å². The maximum Gasteiger partial charge on any atom is 0.297 e. The van der Waals surface area contributed by atoms with Gasteiger partial charge in [-0.05, 0) is 37.3 Å². The van der Waals surface area contributed by atoms with Gasteiger partial charge in [0.2, 0.25) is 4.80 Å². The number of para-hydroxylation sites is 1. The summed E-state index contributed by atoms with van der Waals surface area (Å²) in [5, 5.41) is 6.61. The van der Waals surface area contributed by atoms with E-state index in [4.69, 9.17) is 28.7 Å². The first-order chi connectivity index (χ1) is 19.0. The molecule has 0 atom stereocenters. The standard InChI is InChI=1S/C28H27N5O5S/c1-18-26(27(34)33(31(18)2)20-10-7-6-8-11-20)30-28-32(21(17-39-28)22-12-9-13-38-22)29-16-19-14-24(36-4)25(37-5)15-23(19)35-3/h6-17H,1-5H3. The first-order valence-electron chi connectivity index (χ1n) is 11.9. The molecule has 0 radical (unpaired) electrons. The van der Waals surface area contributed by atoms with Gasteiger partial charge in [-0.3, -0.25) is 9.48 Å². The van der Waals surface area contributed by atoms with E-state index in [-0.39, 0.29) is 5.56 Å². The Labute approximate surface area is 228 Å². The molecule has 0 spiro atoms. The van der Waals surface area contributed by atoms with Crippen molar-refractivity contribution in [2.75, 3.05) is 21.3 Å². The molecule has 3 heterocycles. The Morgan fingerprint density at radius 1 is 0.949 bits per heavy atom. The molecule has 0 aliphatic heterocycles. The summed E-state index contributed by atoms with van der Waals surface area (Å²) < 4.78 is 27.1. The van der Waals surface area contributed by atoms with Crippen LogP contribution >= 0.6 is 11.3 Å². The van der Waals surface area contributed by atoms with Gasteiger partial charge in [0, 0.05) is 24.1 Å². The van der Waals surface area contributed by atoms with Crippen LogP contribution in [0.5, 0.6) is 17.2 Å². The highest BCUT2D eigenvalue weighted by atomic mass is 32.1. The van der Waals surface area contributed by atoms with Crippen LogP contribution < -0.4 is 24.6 Å². The summed E-state index contributed by atoms with van der Waals surface area (Å²) in [5.41, 5.74) is 2.90. The molecule has 39 heavy (non-hydrogen) atoms. The molecule has 5 aromatic rings. The zero-order valence-corrected chi connectivity index (χ0v) is 22.9. The number of ether oxygens (including phenoxy) is 3. The van der Waals surface area contributed by atoms with Crippen LogP contribution in [-0.4, -0.2) is 41.6 Å². The minimum Gasteiger partial charge on any atom is -0.496 e. The van der Waals surface area contributed by atoms with Crippen LogP contribution in [0.3, 0.4) is 0 Å². The van der Waals surface area contributed by atoms with E-state index in [2.05, 4.69) is 0 Å². The lowest BCUT2D eigenvalue weighted by Gasteiger charge is -2.11. The Balaban J connectivity index is 1.68. The van der Waals surface area contributed by atoms with Gasteiger partial charge in [-0.25, -0.2) is 14.4 Å². The van der Waals surface area contributed by atoms with E-state index in [1.165, 1.54) is 11.3 Å². The number of aromatic nitrogens is 3. The molecule has 0 saturated heterocycles. The molecule has 0 N–H and O–H groups in total. The van der Waals surface area contributed by atoms with Crippen molar-refractivity contribution in [3.63, 3.8) is 0 Å². The molecule has 0 aliphatic rings. The first kappa shape index (κ1) is 25.9. The maximum absolute atomic E-state index is 13.5. The Morgan fingerprint density at radius 3 is 2.33 bits per heavy atom. The second-order valence-electron chi connectivity index (χ2n) is 8.41. The maximum atomic E-state index is 13.5. The van der Waals surface area contributed by atoms with Gasteiger partial charge in [0.1, 0.15) is 11.4 Å². The van der Waals surface area contributed by atoms with Crippen LogP contribution in [0.1, 0.15) is 11.3 Å². The zero-order valence-electron chi connectivity index (χ0n) is 22.1. The van der Waals surface area contributed by atoms with Crippen molar-refractivity contribution in [3.8, 4) is 34.4 Å². The van der Waals surface area contributed by atoms with Crippen LogP contribution in [-0.2, 0) is 7.05 Å². The number of furan rings is 1. The molecule has 3 aromatic heterocycles. The molecule has 0 unspecified atom stereocenters. The van der Waals surface area contributed by atoms with E-state index in [1.54, 1.807) is 66.0 Å². The van der Waals surface area contributed by atoms with Crippen molar-refractivity contribution >= 4 is 23.2 Å². The topological polar surface area (TPSA) is 97.4 Å². The molecule has 0 saturated carbocycles. The monoisotopic (exact) mass is 545 g/mol. The third-order valence-electron chi connectivity index (χ3n) is 6.24. The molecule has 2 aromatic carbocycles. The molecule has 0 aliphatic carbocycles. The second kappa shape index (κ2) is 10.9. The van der Waals surface area contributed by atoms with Gasteiger partial charge in [0.25, 0.3) is 5.56 Å². The predicted octanol–water partition coefficient (Wildman–Crippen LogP) is 4.75. The Bertz CT molecular complexity index is 1760. The van der Waals surface area contributed by atoms with Gasteiger partial charge in [-0.1, -0.05) is 18.2 Å². The van der Waals surface area contributed by atoms with Crippen molar-refractivity contribution in [3.05, 3.63) is 92.7 Å². The highest BCUT2D eigenvalue weighted by Crippen LogP contribution is 2.34. The van der Waals surface area contributed by atoms with E-state index in [0.717, 1.165) is 5.69 Å². The normalized spacial score (nSPS) is 11.9. The van der Waals surface area contributed by atoms with Crippen molar-refractivity contribution in [2.45, 2.75) is 6.92 Å². The van der Waals surface area contributed by atoms with Crippen molar-refractivity contribution in [2.24, 2.45) is 17.1 Å². The predicted molar refractivity (Wildman–Crippen MR) is 150 cm³/mol. The smallest absolute Gasteiger partial charge is 0.297 e. The summed E-state index contributed by atoms with van der Waals surface area (Å²) in [6.07, 6.45) is 3.23. The average Bonchev–Trinajstić information content (AvgIpc) is 3.68. The third-order valence-corrected chi connectivity index (χ3v) is 7.05. The minimum atomic E-state index is -0.230. The van der Waals surface area contributed by atoms with Crippen molar-refractivity contribution in [1.82, 2.24) is 14.0 Å². The number of benzene rings is 2. The highest BCUT2D eigenvalue weighted by molar-refractivity contribution is 7.07. The fourth-order valence-corrected chi connectivity index (χ4v) is 4.96. The average molecular weight is 546 g/mol. The summed E-state index contributed by atoms with van der Waals surface area (Å²) >= 11 is 1.35. The lowest BCUT2D eigenvalue weighted by atomic mass is 10.2. The Morgan fingerprint density at radius 2 is 1.67 bits per heavy atom. The fourth-order valence-electron chi connectivity index (χ4n) is 4.14. The number of hydrogen-bond acceptors (Lipinski definition) is 8. The van der Waals surface area contributed by atoms with Crippen LogP contribution in [0.15, 0.2) is 85.5 Å². The Hall–Kier alpha value is -4.77. The lowest BCUT2D eigenvalue weighted by Crippen LogP contribution is -2.19. The summed E-state index contributed by atoms with van der Waals surface area (Å²) in [5.74, 6) is 2.23. The van der Waals surface area contributed by atoms with Gasteiger partial charge in [-0.15, -0.1) is 11.3 Å². The van der Waals surface area contributed by atoms with E-state index in [9.17, 15) is 4.79 Å². The van der Waals surface area contributed by atoms with Gasteiger partial charge < -0.3 is 18.6 Å². The highest BCUT2D eigenvalue weighted by Gasteiger charge is 2.18. The van der Waals surface area contributed by atoms with Crippen LogP contribution in [0.4, 0.5) is 5.69 Å². The number of nitrogens with zero attached hydrogens (tertiary/aromatic N) is 5. The first-order valence-corrected chi connectivity index (χ1v) is 12.8. The molecule has 5 rings (SSSR count). The van der Waals surface area contributed by atoms with Gasteiger partial charge >= 0.3 is 0 Å². The SMILES string of the molecule is COc1cc(OC)c(OC)cc1C=Nn1c(-c2ccco2)csc1=Nc1c(C)n(C)n(-c2ccccc2)c1=O. The number of thiazole rings is 1. The molecule has 0 fully saturated rings. The van der Waals surface area contributed by atoms with E-state index in [0.29, 0.717) is 50.4 Å². The fraction of sp³-hybridized carbons (Fsp3) is 0.179. The van der Waals surface area contributed by atoms with Crippen LogP contribution in [0, 0.1) is 6.92 Å². The minimum absolute atomic E-state index is 0.230. The van der Waals surface area contributed by atoms with E-state index >= 15 is 0 Å². The quantitative estimate of drug-likeness (QED) is 0.262. The van der Waals surface area contributed by atoms with Crippen LogP contribution in [0.25, 0.3) is 17.1 Å². The lowest BCUT2D eigenvalue weighted by molar-refractivity contribution is 0.349. The molecular formula is C28H27N5O5S. The van der Waals surface area contributed by atoms with Crippen molar-refractivity contribution in [1.29, 1.82) is 0 Å². The van der Waals surface area contributed by atoms with Gasteiger partial charge in [0.15, 0.2) is 22.9 Å². The van der Waals surface area contributed by atoms with E-state index < -0.39 is 0 Å². The second-order valence-corrected chi connectivity index (χ2v) is 9.24. The largest absolute Gasteiger partial charge is 0.496 e. The third kappa shape index (κ3) is 4.79. The Kier molecular flexibility index (Phi) is 7.24. The van der Waals surface area contributed by atoms with Crippen molar-refractivity contribution < 1.29 is 18.6 Å². The molecule has 200 valence electrons. The summed E-state index contributed by atoms with van der Waals surface area (Å²) in [7, 11) is 6.53. The van der Waals surface area contributed by atoms with Crippen LogP contribution in [0.2, 0.25) is 0 Å². The number of hydrogen-bond donors (Lipinski definition) is 0. The molecule has 0 bridgehead atoms. The summed E-state index contributed by atoms with van der Waals surface area (Å²) in [4.78, 5) is 18.8. The molecule has 0 amide bonds. The summed E-state index contributed by atoms with van der Waals surface area (Å²) in [6, 6.07) is 16.6. The van der Waals surface area contributed by atoms with Gasteiger partial charge in [0.05, 0.1) is 45.2 Å². The zero-order chi connectivity index (χ0) is 27.5. The van der Waals surface area contributed by atoms with Gasteiger partial charge in [-0.2, -0.15) is 5.10 Å². The molecule has 11 heteroatoms. The summed E-state index contributed by atoms with van der Waals surface area (Å²) in [6.45, 7) is 1.86. The molecular weight excluding hydrogens is 518 g/mol. The molecule has 10 nitrogen and oxygen atoms in total. The number of rotatable bonds is 8.